The largest absolute Gasteiger partial charge is 0.480 e. The van der Waals surface area contributed by atoms with Gasteiger partial charge in [0.25, 0.3) is 5.91 Å². The summed E-state index contributed by atoms with van der Waals surface area (Å²) < 4.78 is 0. The molecule has 0 aliphatic rings. The Morgan fingerprint density at radius 2 is 1.80 bits per heavy atom. The van der Waals surface area contributed by atoms with Crippen molar-refractivity contribution in [2.24, 2.45) is 5.92 Å². The van der Waals surface area contributed by atoms with Crippen LogP contribution in [0.5, 0.6) is 0 Å². The molecular weight excluding hydrogens is 340 g/mol. The second-order valence-corrected chi connectivity index (χ2v) is 7.38. The van der Waals surface area contributed by atoms with Crippen molar-refractivity contribution >= 4 is 29.5 Å². The van der Waals surface area contributed by atoms with Crippen LogP contribution in [0, 0.1) is 5.92 Å². The van der Waals surface area contributed by atoms with Gasteiger partial charge in [-0.15, -0.1) is 0 Å². The van der Waals surface area contributed by atoms with E-state index in [1.54, 1.807) is 23.9 Å². The number of thioether (sulfide) groups is 1. The predicted octanol–water partition coefficient (Wildman–Crippen LogP) is 2.29. The highest BCUT2D eigenvalue weighted by atomic mass is 32.2. The van der Waals surface area contributed by atoms with Crippen molar-refractivity contribution in [1.29, 1.82) is 0 Å². The van der Waals surface area contributed by atoms with Gasteiger partial charge in [-0.2, -0.15) is 11.8 Å². The van der Waals surface area contributed by atoms with Gasteiger partial charge in [-0.05, 0) is 35.8 Å². The summed E-state index contributed by atoms with van der Waals surface area (Å²) in [4.78, 5) is 35.0. The van der Waals surface area contributed by atoms with E-state index < -0.39 is 17.9 Å². The van der Waals surface area contributed by atoms with E-state index >= 15 is 0 Å². The van der Waals surface area contributed by atoms with Crippen molar-refractivity contribution in [3.63, 3.8) is 0 Å². The summed E-state index contributed by atoms with van der Waals surface area (Å²) in [5.41, 5.74) is 1.61. The van der Waals surface area contributed by atoms with Crippen molar-refractivity contribution in [3.05, 3.63) is 35.4 Å². The Morgan fingerprint density at radius 3 is 2.32 bits per heavy atom. The summed E-state index contributed by atoms with van der Waals surface area (Å²) in [5, 5.41) is 14.1. The molecule has 1 aromatic carbocycles. The van der Waals surface area contributed by atoms with Crippen LogP contribution in [0.2, 0.25) is 0 Å². The normalized spacial score (nSPS) is 11.8. The maximum Gasteiger partial charge on any atom is 0.326 e. The van der Waals surface area contributed by atoms with E-state index in [1.807, 2.05) is 26.0 Å². The number of hydrogen-bond donors (Lipinski definition) is 3. The number of amides is 2. The Hall–Kier alpha value is -2.02. The molecular formula is C18H26N2O4S. The zero-order chi connectivity index (χ0) is 18.8. The van der Waals surface area contributed by atoms with Gasteiger partial charge in [-0.3, -0.25) is 9.59 Å². The van der Waals surface area contributed by atoms with Crippen LogP contribution < -0.4 is 10.6 Å². The first-order valence-electron chi connectivity index (χ1n) is 8.30. The summed E-state index contributed by atoms with van der Waals surface area (Å²) in [7, 11) is 0. The molecule has 1 aromatic rings. The summed E-state index contributed by atoms with van der Waals surface area (Å²) >= 11 is 1.80. The van der Waals surface area contributed by atoms with Crippen molar-refractivity contribution < 1.29 is 19.5 Å². The average molecular weight is 366 g/mol. The number of rotatable bonds is 10. The molecule has 0 aliphatic carbocycles. The molecule has 3 N–H and O–H groups in total. The zero-order valence-corrected chi connectivity index (χ0v) is 15.7. The first-order chi connectivity index (χ1) is 11.8. The molecule has 0 bridgehead atoms. The topological polar surface area (TPSA) is 95.5 Å². The van der Waals surface area contributed by atoms with E-state index in [1.165, 1.54) is 0 Å². The fourth-order valence-corrected chi connectivity index (χ4v) is 2.81. The molecule has 0 aromatic heterocycles. The molecule has 6 nitrogen and oxygen atoms in total. The Balaban J connectivity index is 2.49. The van der Waals surface area contributed by atoms with Crippen molar-refractivity contribution in [2.75, 3.05) is 12.3 Å². The van der Waals surface area contributed by atoms with E-state index in [-0.39, 0.29) is 18.4 Å². The van der Waals surface area contributed by atoms with Crippen molar-refractivity contribution in [1.82, 2.24) is 10.6 Å². The molecule has 0 unspecified atom stereocenters. The van der Waals surface area contributed by atoms with Crippen LogP contribution in [-0.4, -0.2) is 41.2 Å². The monoisotopic (exact) mass is 366 g/mol. The number of benzene rings is 1. The molecule has 0 aliphatic heterocycles. The van der Waals surface area contributed by atoms with Gasteiger partial charge in [0.15, 0.2) is 0 Å². The lowest BCUT2D eigenvalue weighted by Crippen LogP contribution is -2.46. The second kappa shape index (κ2) is 10.8. The molecule has 0 spiro atoms. The van der Waals surface area contributed by atoms with Gasteiger partial charge < -0.3 is 15.7 Å². The van der Waals surface area contributed by atoms with Crippen molar-refractivity contribution in [3.8, 4) is 0 Å². The fraction of sp³-hybridized carbons (Fsp3) is 0.500. The zero-order valence-electron chi connectivity index (χ0n) is 14.9. The lowest BCUT2D eigenvalue weighted by atomic mass is 10.0. The van der Waals surface area contributed by atoms with Crippen LogP contribution in [0.25, 0.3) is 0 Å². The minimum atomic E-state index is -1.08. The van der Waals surface area contributed by atoms with Crippen LogP contribution in [0.1, 0.15) is 43.1 Å². The van der Waals surface area contributed by atoms with Gasteiger partial charge in [-0.1, -0.05) is 32.9 Å². The number of carbonyl (C=O) groups excluding carboxylic acids is 2. The molecule has 138 valence electrons. The average Bonchev–Trinajstić information content (AvgIpc) is 2.57. The first-order valence-corrected chi connectivity index (χ1v) is 9.46. The molecule has 25 heavy (non-hydrogen) atoms. The number of carboxylic acid groups (broad SMARTS) is 1. The van der Waals surface area contributed by atoms with E-state index in [4.69, 9.17) is 5.11 Å². The molecule has 1 rings (SSSR count). The Morgan fingerprint density at radius 1 is 1.16 bits per heavy atom. The summed E-state index contributed by atoms with van der Waals surface area (Å²) in [6, 6.07) is 6.27. The third kappa shape index (κ3) is 8.07. The first kappa shape index (κ1) is 21.0. The highest BCUT2D eigenvalue weighted by Gasteiger charge is 2.21. The summed E-state index contributed by atoms with van der Waals surface area (Å²) in [5.74, 6) is 0.117. The lowest BCUT2D eigenvalue weighted by Gasteiger charge is -2.16. The number of nitrogens with one attached hydrogen (secondary N) is 2. The molecule has 7 heteroatoms. The molecule has 0 radical (unpaired) electrons. The maximum absolute atomic E-state index is 12.1. The molecule has 0 saturated carbocycles. The summed E-state index contributed by atoms with van der Waals surface area (Å²) in [6.07, 6.45) is 0.340. The number of carbonyl (C=O) groups is 3. The summed E-state index contributed by atoms with van der Waals surface area (Å²) in [6.45, 7) is 5.60. The van der Waals surface area contributed by atoms with E-state index in [0.29, 0.717) is 12.0 Å². The molecule has 2 amide bonds. The van der Waals surface area contributed by atoms with Gasteiger partial charge in [-0.25, -0.2) is 4.79 Å². The maximum atomic E-state index is 12.1. The smallest absolute Gasteiger partial charge is 0.326 e. The number of aliphatic carboxylic acids is 1. The SMILES string of the molecule is CCSCc1ccc(C(=O)NCC(=O)N[C@@H](CC(C)C)C(=O)O)cc1. The minimum absolute atomic E-state index is 0.139. The fourth-order valence-electron chi connectivity index (χ4n) is 2.17. The Labute approximate surface area is 152 Å². The Bertz CT molecular complexity index is 587. The van der Waals surface area contributed by atoms with Crippen LogP contribution in [-0.2, 0) is 15.3 Å². The van der Waals surface area contributed by atoms with Crippen LogP contribution in [0.3, 0.4) is 0 Å². The van der Waals surface area contributed by atoms with Gasteiger partial charge in [0.05, 0.1) is 6.54 Å². The van der Waals surface area contributed by atoms with Gasteiger partial charge in [0, 0.05) is 11.3 Å². The quantitative estimate of drug-likeness (QED) is 0.590. The van der Waals surface area contributed by atoms with Crippen LogP contribution >= 0.6 is 11.8 Å². The third-order valence-corrected chi connectivity index (χ3v) is 4.38. The minimum Gasteiger partial charge on any atom is -0.480 e. The van der Waals surface area contributed by atoms with Gasteiger partial charge in [0.2, 0.25) is 5.91 Å². The molecule has 1 atom stereocenters. The van der Waals surface area contributed by atoms with Crippen molar-refractivity contribution in [2.45, 2.75) is 39.0 Å². The lowest BCUT2D eigenvalue weighted by molar-refractivity contribution is -0.142. The number of carboxylic acids is 1. The highest BCUT2D eigenvalue weighted by molar-refractivity contribution is 7.98. The van der Waals surface area contributed by atoms with E-state index in [0.717, 1.165) is 17.1 Å². The Kier molecular flexibility index (Phi) is 9.05. The second-order valence-electron chi connectivity index (χ2n) is 6.10. The van der Waals surface area contributed by atoms with E-state index in [2.05, 4.69) is 17.6 Å². The number of hydrogen-bond acceptors (Lipinski definition) is 4. The predicted molar refractivity (Wildman–Crippen MR) is 99.6 cm³/mol. The van der Waals surface area contributed by atoms with Crippen LogP contribution in [0.15, 0.2) is 24.3 Å². The van der Waals surface area contributed by atoms with E-state index in [9.17, 15) is 14.4 Å². The third-order valence-electron chi connectivity index (χ3n) is 3.44. The van der Waals surface area contributed by atoms with Gasteiger partial charge >= 0.3 is 5.97 Å². The van der Waals surface area contributed by atoms with Crippen LogP contribution in [0.4, 0.5) is 0 Å². The molecule has 0 fully saturated rings. The standard InChI is InChI=1S/C18H26N2O4S/c1-4-25-11-13-5-7-14(8-6-13)17(22)19-10-16(21)20-15(18(23)24)9-12(2)3/h5-8,12,15H,4,9-11H2,1-3H3,(H,19,22)(H,20,21)(H,23,24)/t15-/m0/s1. The highest BCUT2D eigenvalue weighted by Crippen LogP contribution is 2.12. The molecule has 0 saturated heterocycles. The van der Waals surface area contributed by atoms with Gasteiger partial charge in [0.1, 0.15) is 6.04 Å². The molecule has 0 heterocycles.